The van der Waals surface area contributed by atoms with Crippen LogP contribution in [0.3, 0.4) is 0 Å². The lowest BCUT2D eigenvalue weighted by Gasteiger charge is -2.34. The molecule has 6 heteroatoms. The van der Waals surface area contributed by atoms with E-state index in [1.54, 1.807) is 13.1 Å². The molecule has 1 unspecified atom stereocenters. The molecule has 0 heterocycles. The molecule has 1 rings (SSSR count). The fourth-order valence-electron chi connectivity index (χ4n) is 2.12. The summed E-state index contributed by atoms with van der Waals surface area (Å²) in [5, 5.41) is 12.2. The van der Waals surface area contributed by atoms with Crippen LogP contribution in [0.25, 0.3) is 0 Å². The van der Waals surface area contributed by atoms with Gasteiger partial charge in [0.15, 0.2) is 5.96 Å². The number of carboxylic acid groups (broad SMARTS) is 1. The van der Waals surface area contributed by atoms with Gasteiger partial charge >= 0.3 is 5.97 Å². The van der Waals surface area contributed by atoms with E-state index in [4.69, 9.17) is 15.6 Å². The van der Waals surface area contributed by atoms with Crippen LogP contribution < -0.4 is 11.1 Å². The zero-order valence-electron chi connectivity index (χ0n) is 11.7. The second-order valence-corrected chi connectivity index (χ2v) is 4.76. The number of guanidine groups is 1. The van der Waals surface area contributed by atoms with Gasteiger partial charge in [-0.2, -0.15) is 0 Å². The van der Waals surface area contributed by atoms with Crippen LogP contribution in [0.5, 0.6) is 0 Å². The van der Waals surface area contributed by atoms with Gasteiger partial charge in [0, 0.05) is 31.2 Å². The standard InChI is InChI=1S/C13H23N3O3/c1-4-5-19-11-7-9(12(17)18)6-10(8(11)2)16-13(14)15-3/h7-8,10-11H,4-6H2,1-3H3,(H,17,18)(H3,14,15,16)/t8-,10?,11-/m1/s1. The number of carbonyl (C=O) groups is 1. The maximum Gasteiger partial charge on any atom is 0.331 e. The van der Waals surface area contributed by atoms with Gasteiger partial charge < -0.3 is 20.9 Å². The van der Waals surface area contributed by atoms with Crippen molar-refractivity contribution in [1.29, 1.82) is 0 Å². The number of rotatable bonds is 5. The molecule has 4 N–H and O–H groups in total. The number of aliphatic carboxylic acids is 1. The summed E-state index contributed by atoms with van der Waals surface area (Å²) >= 11 is 0. The molecule has 1 aliphatic rings. The SMILES string of the molecule is CCCO[C@@H]1C=C(C(=O)O)CC(NC(N)=NC)[C@H]1C. The van der Waals surface area contributed by atoms with Crippen LogP contribution in [0, 0.1) is 5.92 Å². The number of nitrogens with two attached hydrogens (primary N) is 1. The molecule has 0 fully saturated rings. The molecule has 19 heavy (non-hydrogen) atoms. The van der Waals surface area contributed by atoms with Crippen molar-refractivity contribution >= 4 is 11.9 Å². The first-order chi connectivity index (χ1) is 8.99. The molecule has 0 aromatic heterocycles. The third-order valence-electron chi connectivity index (χ3n) is 3.32. The lowest BCUT2D eigenvalue weighted by Crippen LogP contribution is -2.49. The van der Waals surface area contributed by atoms with Gasteiger partial charge in [-0.05, 0) is 18.9 Å². The van der Waals surface area contributed by atoms with Crippen molar-refractivity contribution in [3.8, 4) is 0 Å². The third-order valence-corrected chi connectivity index (χ3v) is 3.32. The summed E-state index contributed by atoms with van der Waals surface area (Å²) in [5.74, 6) is -0.455. The van der Waals surface area contributed by atoms with Gasteiger partial charge in [-0.15, -0.1) is 0 Å². The molecule has 0 saturated carbocycles. The number of aliphatic imine (C=N–C) groups is 1. The Morgan fingerprint density at radius 3 is 2.89 bits per heavy atom. The zero-order valence-corrected chi connectivity index (χ0v) is 11.7. The Kier molecular flexibility index (Phi) is 5.82. The second kappa shape index (κ2) is 7.13. The van der Waals surface area contributed by atoms with E-state index in [-0.39, 0.29) is 18.1 Å². The molecule has 3 atom stereocenters. The Hall–Kier alpha value is -1.56. The van der Waals surface area contributed by atoms with Gasteiger partial charge in [0.05, 0.1) is 6.10 Å². The van der Waals surface area contributed by atoms with E-state index in [2.05, 4.69) is 10.3 Å². The van der Waals surface area contributed by atoms with E-state index in [1.165, 1.54) is 0 Å². The van der Waals surface area contributed by atoms with E-state index < -0.39 is 5.97 Å². The summed E-state index contributed by atoms with van der Waals surface area (Å²) in [6, 6.07) is -0.0818. The third kappa shape index (κ3) is 4.24. The van der Waals surface area contributed by atoms with E-state index in [9.17, 15) is 4.79 Å². The molecule has 0 aliphatic heterocycles. The topological polar surface area (TPSA) is 96.9 Å². The van der Waals surface area contributed by atoms with Crippen molar-refractivity contribution in [2.24, 2.45) is 16.6 Å². The minimum absolute atomic E-state index is 0.0818. The minimum atomic E-state index is -0.907. The first-order valence-electron chi connectivity index (χ1n) is 6.54. The molecular formula is C13H23N3O3. The average Bonchev–Trinajstić information content (AvgIpc) is 2.39. The first-order valence-corrected chi connectivity index (χ1v) is 6.54. The van der Waals surface area contributed by atoms with E-state index in [0.29, 0.717) is 24.6 Å². The maximum atomic E-state index is 11.2. The largest absolute Gasteiger partial charge is 0.478 e. The Bertz CT molecular complexity index is 379. The summed E-state index contributed by atoms with van der Waals surface area (Å²) in [6.45, 7) is 4.66. The monoisotopic (exact) mass is 269 g/mol. The molecule has 0 spiro atoms. The average molecular weight is 269 g/mol. The molecule has 0 bridgehead atoms. The van der Waals surface area contributed by atoms with Crippen LogP contribution in [0.15, 0.2) is 16.6 Å². The van der Waals surface area contributed by atoms with Crippen LogP contribution >= 0.6 is 0 Å². The van der Waals surface area contributed by atoms with Crippen molar-refractivity contribution < 1.29 is 14.6 Å². The van der Waals surface area contributed by atoms with Gasteiger partial charge in [-0.3, -0.25) is 4.99 Å². The van der Waals surface area contributed by atoms with Crippen LogP contribution in [0.2, 0.25) is 0 Å². The quantitative estimate of drug-likeness (QED) is 0.505. The normalized spacial score (nSPS) is 27.8. The number of carboxylic acids is 1. The minimum Gasteiger partial charge on any atom is -0.478 e. The summed E-state index contributed by atoms with van der Waals surface area (Å²) in [4.78, 5) is 15.0. The predicted octanol–water partition coefficient (Wildman–Crippen LogP) is 0.735. The summed E-state index contributed by atoms with van der Waals surface area (Å²) in [7, 11) is 1.59. The highest BCUT2D eigenvalue weighted by atomic mass is 16.5. The smallest absolute Gasteiger partial charge is 0.331 e. The first kappa shape index (κ1) is 15.5. The summed E-state index contributed by atoms with van der Waals surface area (Å²) in [5.41, 5.74) is 6.03. The van der Waals surface area contributed by atoms with Crippen molar-refractivity contribution in [2.45, 2.75) is 38.8 Å². The Morgan fingerprint density at radius 1 is 1.68 bits per heavy atom. The van der Waals surface area contributed by atoms with Crippen LogP contribution in [-0.2, 0) is 9.53 Å². The molecular weight excluding hydrogens is 246 g/mol. The van der Waals surface area contributed by atoms with E-state index in [0.717, 1.165) is 6.42 Å². The predicted molar refractivity (Wildman–Crippen MR) is 74.0 cm³/mol. The number of ether oxygens (including phenoxy) is 1. The van der Waals surface area contributed by atoms with E-state index >= 15 is 0 Å². The Balaban J connectivity index is 2.85. The molecule has 108 valence electrons. The van der Waals surface area contributed by atoms with Gasteiger partial charge in [-0.1, -0.05) is 13.8 Å². The Labute approximate surface area is 113 Å². The highest BCUT2D eigenvalue weighted by molar-refractivity contribution is 5.87. The number of nitrogens with zero attached hydrogens (tertiary/aromatic N) is 1. The fourth-order valence-corrected chi connectivity index (χ4v) is 2.12. The lowest BCUT2D eigenvalue weighted by atomic mass is 9.84. The van der Waals surface area contributed by atoms with Crippen LogP contribution in [-0.4, -0.2) is 42.8 Å². The van der Waals surface area contributed by atoms with Crippen molar-refractivity contribution in [1.82, 2.24) is 5.32 Å². The molecule has 0 amide bonds. The van der Waals surface area contributed by atoms with Crippen LogP contribution in [0.4, 0.5) is 0 Å². The van der Waals surface area contributed by atoms with Crippen molar-refractivity contribution in [3.05, 3.63) is 11.6 Å². The van der Waals surface area contributed by atoms with Crippen molar-refractivity contribution in [2.75, 3.05) is 13.7 Å². The maximum absolute atomic E-state index is 11.2. The van der Waals surface area contributed by atoms with Gasteiger partial charge in [0.1, 0.15) is 0 Å². The molecule has 0 radical (unpaired) electrons. The number of hydrogen-bond acceptors (Lipinski definition) is 3. The summed E-state index contributed by atoms with van der Waals surface area (Å²) in [6.07, 6.45) is 2.82. The van der Waals surface area contributed by atoms with Gasteiger partial charge in [-0.25, -0.2) is 4.79 Å². The summed E-state index contributed by atoms with van der Waals surface area (Å²) < 4.78 is 5.71. The molecule has 0 aromatic rings. The second-order valence-electron chi connectivity index (χ2n) is 4.76. The van der Waals surface area contributed by atoms with E-state index in [1.807, 2.05) is 13.8 Å². The van der Waals surface area contributed by atoms with Crippen LogP contribution in [0.1, 0.15) is 26.7 Å². The highest BCUT2D eigenvalue weighted by Gasteiger charge is 2.33. The Morgan fingerprint density at radius 2 is 2.37 bits per heavy atom. The number of hydrogen-bond donors (Lipinski definition) is 3. The highest BCUT2D eigenvalue weighted by Crippen LogP contribution is 2.26. The van der Waals surface area contributed by atoms with Crippen molar-refractivity contribution in [3.63, 3.8) is 0 Å². The zero-order chi connectivity index (χ0) is 14.4. The molecule has 0 aromatic carbocycles. The van der Waals surface area contributed by atoms with Gasteiger partial charge in [0.2, 0.25) is 0 Å². The van der Waals surface area contributed by atoms with Gasteiger partial charge in [0.25, 0.3) is 0 Å². The lowest BCUT2D eigenvalue weighted by molar-refractivity contribution is -0.133. The number of nitrogens with one attached hydrogen (secondary N) is 1. The fraction of sp³-hybridized carbons (Fsp3) is 0.692. The molecule has 1 aliphatic carbocycles. The molecule has 0 saturated heterocycles. The molecule has 6 nitrogen and oxygen atoms in total.